The van der Waals surface area contributed by atoms with E-state index in [1.165, 1.54) is 43.7 Å². The van der Waals surface area contributed by atoms with Gasteiger partial charge in [0.2, 0.25) is 0 Å². The number of nitrogens with zero attached hydrogens (tertiary/aromatic N) is 3. The Morgan fingerprint density at radius 3 is 2.37 bits per heavy atom. The van der Waals surface area contributed by atoms with Crippen LogP contribution in [0.2, 0.25) is 0 Å². The third kappa shape index (κ3) is 3.33. The van der Waals surface area contributed by atoms with Crippen LogP contribution in [0.4, 0.5) is 11.4 Å². The Morgan fingerprint density at radius 1 is 0.854 bits per heavy atom. The van der Waals surface area contributed by atoms with Crippen LogP contribution in [-0.2, 0) is 11.8 Å². The second-order valence-electron chi connectivity index (χ2n) is 12.1. The van der Waals surface area contributed by atoms with Crippen molar-refractivity contribution in [1.29, 1.82) is 0 Å². The predicted molar refractivity (Wildman–Crippen MR) is 176 cm³/mol. The maximum atomic E-state index is 7.41. The average molecular weight is 558 g/mol. The van der Waals surface area contributed by atoms with Crippen LogP contribution >= 0.6 is 11.8 Å². The van der Waals surface area contributed by atoms with Crippen molar-refractivity contribution in [3.05, 3.63) is 90.0 Å². The van der Waals surface area contributed by atoms with E-state index in [1.54, 1.807) is 0 Å². The predicted octanol–water partition coefficient (Wildman–Crippen LogP) is 8.30. The summed E-state index contributed by atoms with van der Waals surface area (Å²) in [7, 11) is 2.20. The standard InChI is InChI=1S/C36H35N3OS/c1-5-23-11-8-12-24-13-14-28-27(32(23)24)15-16-31-33(28)37-34(39-17-19-41-20-18-39)36(40-31)35(2,3)29-21-25-9-6-7-10-26(25)22-30(29)38(36)4/h6-16,21-22H,5,17-20H2,1-4H3. The highest BCUT2D eigenvalue weighted by Gasteiger charge is 2.64. The number of amidine groups is 1. The third-order valence-electron chi connectivity index (χ3n) is 9.75. The van der Waals surface area contributed by atoms with E-state index in [1.807, 2.05) is 11.8 Å². The van der Waals surface area contributed by atoms with Crippen LogP contribution in [0.25, 0.3) is 32.3 Å². The molecule has 5 heteroatoms. The molecule has 0 aromatic heterocycles. The van der Waals surface area contributed by atoms with E-state index in [4.69, 9.17) is 9.73 Å². The van der Waals surface area contributed by atoms with Crippen molar-refractivity contribution in [1.82, 2.24) is 4.90 Å². The Kier molecular flexibility index (Phi) is 5.44. The summed E-state index contributed by atoms with van der Waals surface area (Å²) in [4.78, 5) is 10.5. The lowest BCUT2D eigenvalue weighted by Crippen LogP contribution is -2.69. The molecule has 0 saturated carbocycles. The molecule has 5 aromatic carbocycles. The summed E-state index contributed by atoms with van der Waals surface area (Å²) >= 11 is 2.03. The number of ether oxygens (including phenoxy) is 1. The molecular formula is C36H35N3OS. The summed E-state index contributed by atoms with van der Waals surface area (Å²) in [6.07, 6.45) is 0.999. The molecule has 8 rings (SSSR count). The van der Waals surface area contributed by atoms with Gasteiger partial charge in [-0.15, -0.1) is 0 Å². The van der Waals surface area contributed by atoms with Crippen LogP contribution in [0.1, 0.15) is 31.9 Å². The summed E-state index contributed by atoms with van der Waals surface area (Å²) in [5.41, 5.74) is 3.74. The number of rotatable bonds is 1. The van der Waals surface area contributed by atoms with Crippen LogP contribution in [0, 0.1) is 0 Å². The van der Waals surface area contributed by atoms with E-state index in [9.17, 15) is 0 Å². The first-order valence-corrected chi connectivity index (χ1v) is 15.9. The van der Waals surface area contributed by atoms with E-state index < -0.39 is 5.72 Å². The highest BCUT2D eigenvalue weighted by molar-refractivity contribution is 7.99. The highest BCUT2D eigenvalue weighted by Crippen LogP contribution is 2.57. The molecule has 1 fully saturated rings. The molecule has 1 saturated heterocycles. The number of hydrogen-bond acceptors (Lipinski definition) is 5. The van der Waals surface area contributed by atoms with Gasteiger partial charge in [-0.05, 0) is 82.6 Å². The van der Waals surface area contributed by atoms with Crippen molar-refractivity contribution in [2.24, 2.45) is 4.99 Å². The molecule has 3 aliphatic heterocycles. The van der Waals surface area contributed by atoms with Gasteiger partial charge in [0.25, 0.3) is 5.72 Å². The third-order valence-corrected chi connectivity index (χ3v) is 10.7. The molecule has 3 heterocycles. The number of aliphatic imine (C=N–C) groups is 1. The fraction of sp³-hybridized carbons (Fsp3) is 0.306. The molecule has 0 bridgehead atoms. The molecular weight excluding hydrogens is 522 g/mol. The first kappa shape index (κ1) is 25.0. The van der Waals surface area contributed by atoms with Crippen LogP contribution in [0.5, 0.6) is 5.75 Å². The fourth-order valence-corrected chi connectivity index (χ4v) is 8.48. The van der Waals surface area contributed by atoms with Crippen LogP contribution < -0.4 is 9.64 Å². The Morgan fingerprint density at radius 2 is 1.59 bits per heavy atom. The largest absolute Gasteiger partial charge is 0.457 e. The molecule has 3 aliphatic rings. The van der Waals surface area contributed by atoms with Gasteiger partial charge < -0.3 is 14.5 Å². The van der Waals surface area contributed by atoms with Crippen molar-refractivity contribution < 1.29 is 4.74 Å². The number of aryl methyl sites for hydroxylation is 1. The van der Waals surface area contributed by atoms with Crippen molar-refractivity contribution >= 4 is 61.3 Å². The molecule has 0 radical (unpaired) electrons. The summed E-state index contributed by atoms with van der Waals surface area (Å²) in [6, 6.07) is 28.9. The number of hydrogen-bond donors (Lipinski definition) is 0. The van der Waals surface area contributed by atoms with Gasteiger partial charge in [-0.1, -0.05) is 61.5 Å². The summed E-state index contributed by atoms with van der Waals surface area (Å²) < 4.78 is 7.41. The second kappa shape index (κ2) is 8.90. The number of anilines is 1. The van der Waals surface area contributed by atoms with E-state index in [0.717, 1.165) is 53.7 Å². The normalized spacial score (nSPS) is 21.3. The highest BCUT2D eigenvalue weighted by atomic mass is 32.2. The lowest BCUT2D eigenvalue weighted by atomic mass is 9.75. The molecule has 41 heavy (non-hydrogen) atoms. The first-order valence-electron chi connectivity index (χ1n) is 14.8. The maximum absolute atomic E-state index is 7.41. The zero-order valence-electron chi connectivity index (χ0n) is 24.2. The fourth-order valence-electron chi connectivity index (χ4n) is 7.58. The van der Waals surface area contributed by atoms with E-state index >= 15 is 0 Å². The van der Waals surface area contributed by atoms with Gasteiger partial charge in [-0.2, -0.15) is 11.8 Å². The zero-order chi connectivity index (χ0) is 27.9. The number of likely N-dealkylation sites (N-methyl/N-ethyl adjacent to an activating group) is 1. The van der Waals surface area contributed by atoms with Crippen LogP contribution in [0.3, 0.4) is 0 Å². The molecule has 1 unspecified atom stereocenters. The Labute approximate surface area is 246 Å². The van der Waals surface area contributed by atoms with E-state index in [-0.39, 0.29) is 5.41 Å². The molecule has 1 spiro atoms. The van der Waals surface area contributed by atoms with Gasteiger partial charge in [0.15, 0.2) is 5.84 Å². The minimum atomic E-state index is -0.763. The molecule has 4 nitrogen and oxygen atoms in total. The maximum Gasteiger partial charge on any atom is 0.250 e. The molecule has 0 amide bonds. The number of fused-ring (bicyclic) bond motifs is 7. The van der Waals surface area contributed by atoms with Crippen LogP contribution in [0.15, 0.2) is 83.9 Å². The Bertz CT molecular complexity index is 1900. The van der Waals surface area contributed by atoms with E-state index in [0.29, 0.717) is 0 Å². The minimum Gasteiger partial charge on any atom is -0.457 e. The smallest absolute Gasteiger partial charge is 0.250 e. The van der Waals surface area contributed by atoms with Crippen molar-refractivity contribution in [3.8, 4) is 5.75 Å². The van der Waals surface area contributed by atoms with Crippen molar-refractivity contribution in [3.63, 3.8) is 0 Å². The lowest BCUT2D eigenvalue weighted by molar-refractivity contribution is 0.0641. The minimum absolute atomic E-state index is 0.351. The molecule has 1 atom stereocenters. The zero-order valence-corrected chi connectivity index (χ0v) is 25.0. The summed E-state index contributed by atoms with van der Waals surface area (Å²) in [5, 5.41) is 7.54. The van der Waals surface area contributed by atoms with Crippen LogP contribution in [-0.4, -0.2) is 48.1 Å². The van der Waals surface area contributed by atoms with Crippen molar-refractivity contribution in [2.75, 3.05) is 36.5 Å². The average Bonchev–Trinajstić information content (AvgIpc) is 3.17. The molecule has 5 aromatic rings. The second-order valence-corrected chi connectivity index (χ2v) is 13.3. The Hall–Kier alpha value is -3.70. The van der Waals surface area contributed by atoms with E-state index in [2.05, 4.69) is 116 Å². The summed E-state index contributed by atoms with van der Waals surface area (Å²) in [6.45, 7) is 8.86. The van der Waals surface area contributed by atoms with Gasteiger partial charge in [0, 0.05) is 42.7 Å². The molecule has 0 aliphatic carbocycles. The molecule has 0 N–H and O–H groups in total. The van der Waals surface area contributed by atoms with Gasteiger partial charge in [0.1, 0.15) is 11.4 Å². The number of benzene rings is 5. The number of thioether (sulfide) groups is 1. The topological polar surface area (TPSA) is 28.1 Å². The Balaban J connectivity index is 1.40. The first-order chi connectivity index (χ1) is 19.9. The molecule has 206 valence electrons. The van der Waals surface area contributed by atoms with Gasteiger partial charge in [-0.3, -0.25) is 0 Å². The summed E-state index contributed by atoms with van der Waals surface area (Å²) in [5.74, 6) is 4.10. The van der Waals surface area contributed by atoms with Gasteiger partial charge in [-0.25, -0.2) is 4.99 Å². The monoisotopic (exact) mass is 557 g/mol. The van der Waals surface area contributed by atoms with Gasteiger partial charge in [0.05, 0.1) is 5.41 Å². The van der Waals surface area contributed by atoms with Crippen molar-refractivity contribution in [2.45, 2.75) is 38.3 Å². The quantitative estimate of drug-likeness (QED) is 0.194. The van der Waals surface area contributed by atoms with Gasteiger partial charge >= 0.3 is 0 Å². The lowest BCUT2D eigenvalue weighted by Gasteiger charge is -2.51. The SMILES string of the molecule is CCc1cccc2ccc3c4c(ccc3c12)OC1(C(N2CCSCC2)=N4)N(C)c2cc3ccccc3cc2C1(C)C.